The molecule has 7 nitrogen and oxygen atoms in total. The molecular weight excluding hydrogens is 326 g/mol. The number of hydrogen-bond donors (Lipinski definition) is 1. The lowest BCUT2D eigenvalue weighted by Crippen LogP contribution is -2.25. The monoisotopic (exact) mass is 341 g/mol. The Morgan fingerprint density at radius 3 is 2.00 bits per heavy atom. The fourth-order valence-electron chi connectivity index (χ4n) is 2.11. The largest absolute Gasteiger partial charge is 0.316 e. The zero-order valence-electron chi connectivity index (χ0n) is 12.9. The Kier molecular flexibility index (Phi) is 4.39. The van der Waals surface area contributed by atoms with Gasteiger partial charge in [0.05, 0.1) is 5.71 Å². The molecule has 0 radical (unpaired) electrons. The maximum absolute atomic E-state index is 12.5. The molecule has 0 aliphatic heterocycles. The maximum Gasteiger partial charge on any atom is 0.316 e. The predicted octanol–water partition coefficient (Wildman–Crippen LogP) is 1.88. The smallest absolute Gasteiger partial charge is 0.265 e. The third-order valence-electron chi connectivity index (χ3n) is 3.31. The third kappa shape index (κ3) is 3.18. The lowest BCUT2D eigenvalue weighted by Gasteiger charge is -2.14. The molecule has 24 heavy (non-hydrogen) atoms. The molecule has 0 aliphatic rings. The first-order chi connectivity index (χ1) is 11.6. The Labute approximate surface area is 139 Å². The van der Waals surface area contributed by atoms with Gasteiger partial charge in [-0.05, 0) is 0 Å². The van der Waals surface area contributed by atoms with Crippen LogP contribution >= 0.6 is 0 Å². The summed E-state index contributed by atoms with van der Waals surface area (Å²) in [6.07, 6.45) is 1.21. The van der Waals surface area contributed by atoms with Gasteiger partial charge in [0, 0.05) is 18.2 Å². The first kappa shape index (κ1) is 15.9. The standard InChI is InChI=1S/C16H15N5O2S/c1-21(24(22,23)16-17-12-18-19-16)20-15(13-8-4-2-5-9-13)14-10-6-3-7-11-14/h2-12H,1H3,(H,17,18,19). The minimum atomic E-state index is -3.91. The van der Waals surface area contributed by atoms with Crippen molar-refractivity contribution in [3.8, 4) is 0 Å². The van der Waals surface area contributed by atoms with E-state index in [-0.39, 0.29) is 5.16 Å². The topological polar surface area (TPSA) is 91.3 Å². The van der Waals surface area contributed by atoms with E-state index in [9.17, 15) is 8.42 Å². The average molecular weight is 341 g/mol. The second-order valence-corrected chi connectivity index (χ2v) is 6.75. The van der Waals surface area contributed by atoms with Gasteiger partial charge in [-0.2, -0.15) is 17.9 Å². The fraction of sp³-hybridized carbons (Fsp3) is 0.0625. The zero-order chi connectivity index (χ0) is 17.0. The summed E-state index contributed by atoms with van der Waals surface area (Å²) >= 11 is 0. The van der Waals surface area contributed by atoms with Gasteiger partial charge < -0.3 is 0 Å². The van der Waals surface area contributed by atoms with Crippen LogP contribution in [0.3, 0.4) is 0 Å². The van der Waals surface area contributed by atoms with Gasteiger partial charge in [0.1, 0.15) is 6.33 Å². The number of aromatic nitrogens is 3. The van der Waals surface area contributed by atoms with Crippen LogP contribution in [-0.2, 0) is 10.0 Å². The van der Waals surface area contributed by atoms with Crippen molar-refractivity contribution in [1.82, 2.24) is 19.6 Å². The summed E-state index contributed by atoms with van der Waals surface area (Å²) in [4.78, 5) is 3.70. The Morgan fingerprint density at radius 2 is 1.54 bits per heavy atom. The molecule has 122 valence electrons. The van der Waals surface area contributed by atoms with Gasteiger partial charge >= 0.3 is 10.0 Å². The molecule has 0 fully saturated rings. The summed E-state index contributed by atoms with van der Waals surface area (Å²) in [5, 5.41) is 10.0. The number of H-pyrrole nitrogens is 1. The minimum Gasteiger partial charge on any atom is -0.265 e. The van der Waals surface area contributed by atoms with E-state index in [1.54, 1.807) is 0 Å². The third-order valence-corrected chi connectivity index (χ3v) is 4.74. The van der Waals surface area contributed by atoms with Gasteiger partial charge in [0.2, 0.25) is 0 Å². The van der Waals surface area contributed by atoms with Crippen LogP contribution < -0.4 is 0 Å². The van der Waals surface area contributed by atoms with Gasteiger partial charge in [0.15, 0.2) is 0 Å². The van der Waals surface area contributed by atoms with E-state index in [0.717, 1.165) is 15.5 Å². The van der Waals surface area contributed by atoms with Gasteiger partial charge in [-0.25, -0.2) is 4.98 Å². The molecule has 1 aromatic heterocycles. The first-order valence-corrected chi connectivity index (χ1v) is 8.57. The van der Waals surface area contributed by atoms with E-state index in [2.05, 4.69) is 20.3 Å². The van der Waals surface area contributed by atoms with Crippen LogP contribution in [0.15, 0.2) is 77.2 Å². The molecule has 1 N–H and O–H groups in total. The van der Waals surface area contributed by atoms with E-state index in [0.29, 0.717) is 5.71 Å². The first-order valence-electron chi connectivity index (χ1n) is 7.13. The lowest BCUT2D eigenvalue weighted by molar-refractivity contribution is 0.482. The van der Waals surface area contributed by atoms with Crippen LogP contribution in [0.25, 0.3) is 0 Å². The Hall–Kier alpha value is -3.00. The number of hydrogen-bond acceptors (Lipinski definition) is 5. The number of aromatic amines is 1. The molecule has 0 spiro atoms. The molecule has 0 saturated heterocycles. The van der Waals surface area contributed by atoms with Gasteiger partial charge in [-0.15, -0.1) is 5.10 Å². The van der Waals surface area contributed by atoms with Crippen LogP contribution in [0.4, 0.5) is 0 Å². The van der Waals surface area contributed by atoms with Crippen LogP contribution in [0, 0.1) is 0 Å². The molecule has 2 aromatic carbocycles. The molecule has 0 aliphatic carbocycles. The number of nitrogens with one attached hydrogen (secondary N) is 1. The van der Waals surface area contributed by atoms with Crippen LogP contribution in [0.1, 0.15) is 11.1 Å². The Bertz CT molecular complexity index is 882. The summed E-state index contributed by atoms with van der Waals surface area (Å²) in [7, 11) is -2.56. The minimum absolute atomic E-state index is 0.325. The van der Waals surface area contributed by atoms with Crippen molar-refractivity contribution in [2.75, 3.05) is 7.05 Å². The van der Waals surface area contributed by atoms with Crippen molar-refractivity contribution < 1.29 is 8.42 Å². The summed E-state index contributed by atoms with van der Waals surface area (Å²) in [6.45, 7) is 0. The number of nitrogens with zero attached hydrogens (tertiary/aromatic N) is 4. The van der Waals surface area contributed by atoms with Crippen molar-refractivity contribution in [2.45, 2.75) is 5.16 Å². The van der Waals surface area contributed by atoms with E-state index in [1.807, 2.05) is 60.7 Å². The molecule has 1 heterocycles. The van der Waals surface area contributed by atoms with Crippen molar-refractivity contribution in [3.63, 3.8) is 0 Å². The highest BCUT2D eigenvalue weighted by atomic mass is 32.2. The van der Waals surface area contributed by atoms with Crippen LogP contribution in [-0.4, -0.2) is 40.8 Å². The lowest BCUT2D eigenvalue weighted by atomic mass is 10.0. The van der Waals surface area contributed by atoms with E-state index < -0.39 is 10.0 Å². The normalized spacial score (nSPS) is 11.0. The quantitative estimate of drug-likeness (QED) is 0.566. The molecule has 3 aromatic rings. The van der Waals surface area contributed by atoms with E-state index >= 15 is 0 Å². The van der Waals surface area contributed by atoms with Crippen molar-refractivity contribution >= 4 is 15.7 Å². The summed E-state index contributed by atoms with van der Waals surface area (Å²) in [5.41, 5.74) is 2.15. The number of rotatable bonds is 5. The molecule has 0 amide bonds. The zero-order valence-corrected chi connectivity index (χ0v) is 13.7. The second kappa shape index (κ2) is 6.63. The average Bonchev–Trinajstić information content (AvgIpc) is 3.16. The number of hydrazone groups is 1. The van der Waals surface area contributed by atoms with Crippen molar-refractivity contribution in [1.29, 1.82) is 0 Å². The van der Waals surface area contributed by atoms with Gasteiger partial charge in [-0.3, -0.25) is 5.10 Å². The molecule has 3 rings (SSSR count). The van der Waals surface area contributed by atoms with Crippen LogP contribution in [0.5, 0.6) is 0 Å². The second-order valence-electron chi connectivity index (χ2n) is 4.90. The van der Waals surface area contributed by atoms with Crippen molar-refractivity contribution in [2.24, 2.45) is 5.10 Å². The highest BCUT2D eigenvalue weighted by Crippen LogP contribution is 2.15. The number of benzene rings is 2. The highest BCUT2D eigenvalue weighted by molar-refractivity contribution is 7.88. The SMILES string of the molecule is CN(N=C(c1ccccc1)c1ccccc1)S(=O)(=O)c1nc[nH]n1. The van der Waals surface area contributed by atoms with E-state index in [4.69, 9.17) is 0 Å². The summed E-state index contributed by atoms with van der Waals surface area (Å²) < 4.78 is 25.8. The maximum atomic E-state index is 12.5. The predicted molar refractivity (Wildman–Crippen MR) is 89.9 cm³/mol. The molecular formula is C16H15N5O2S. The van der Waals surface area contributed by atoms with Gasteiger partial charge in [0.25, 0.3) is 5.16 Å². The fourth-order valence-corrected chi connectivity index (χ4v) is 2.89. The van der Waals surface area contributed by atoms with Gasteiger partial charge in [-0.1, -0.05) is 60.7 Å². The van der Waals surface area contributed by atoms with E-state index in [1.165, 1.54) is 13.4 Å². The molecule has 0 saturated carbocycles. The summed E-state index contributed by atoms with van der Waals surface area (Å²) in [5.74, 6) is 0. The molecule has 8 heteroatoms. The Morgan fingerprint density at radius 1 is 1.00 bits per heavy atom. The molecule has 0 bridgehead atoms. The van der Waals surface area contributed by atoms with Crippen LogP contribution in [0.2, 0.25) is 0 Å². The summed E-state index contributed by atoms with van der Waals surface area (Å²) in [6, 6.07) is 18.8. The van der Waals surface area contributed by atoms with Crippen molar-refractivity contribution in [3.05, 3.63) is 78.1 Å². The Balaban J connectivity index is 2.08. The number of sulfonamides is 1. The molecule has 0 atom stereocenters. The molecule has 0 unspecified atom stereocenters. The highest BCUT2D eigenvalue weighted by Gasteiger charge is 2.24.